The van der Waals surface area contributed by atoms with Crippen LogP contribution in [0.3, 0.4) is 0 Å². The van der Waals surface area contributed by atoms with Gasteiger partial charge in [0.25, 0.3) is 11.7 Å². The summed E-state index contributed by atoms with van der Waals surface area (Å²) in [6.45, 7) is 0.0196. The van der Waals surface area contributed by atoms with Gasteiger partial charge in [0.2, 0.25) is 0 Å². The fourth-order valence-corrected chi connectivity index (χ4v) is 3.78. The topological polar surface area (TPSA) is 100 Å². The molecule has 1 aliphatic rings. The second-order valence-corrected chi connectivity index (χ2v) is 7.35. The molecule has 2 heterocycles. The molecule has 1 amide bonds. The Morgan fingerprint density at radius 3 is 2.55 bits per heavy atom. The predicted octanol–water partition coefficient (Wildman–Crippen LogP) is 4.27. The van der Waals surface area contributed by atoms with Gasteiger partial charge in [0, 0.05) is 5.56 Å². The lowest BCUT2D eigenvalue weighted by atomic mass is 9.95. The largest absolute Gasteiger partial charge is 0.508 e. The number of aromatic hydroxyl groups is 1. The van der Waals surface area contributed by atoms with Gasteiger partial charge in [-0.15, -0.1) is 0 Å². The first-order valence-corrected chi connectivity index (χ1v) is 9.72. The first-order valence-electron chi connectivity index (χ1n) is 9.34. The molecule has 158 valence electrons. The van der Waals surface area contributed by atoms with E-state index in [9.17, 15) is 19.8 Å². The molecule has 8 heteroatoms. The van der Waals surface area contributed by atoms with Crippen LogP contribution in [0.15, 0.2) is 70.9 Å². The second-order valence-electron chi connectivity index (χ2n) is 6.94. The minimum atomic E-state index is -0.909. The van der Waals surface area contributed by atoms with Gasteiger partial charge in [0.1, 0.15) is 23.0 Å². The molecular formula is C23H18ClNO6. The molecule has 0 bridgehead atoms. The summed E-state index contributed by atoms with van der Waals surface area (Å²) >= 11 is 6.27. The highest BCUT2D eigenvalue weighted by atomic mass is 35.5. The highest BCUT2D eigenvalue weighted by Gasteiger charge is 2.46. The number of ketones is 1. The van der Waals surface area contributed by atoms with E-state index >= 15 is 0 Å². The zero-order chi connectivity index (χ0) is 22.1. The third-order valence-corrected chi connectivity index (χ3v) is 5.41. The highest BCUT2D eigenvalue weighted by molar-refractivity contribution is 6.47. The van der Waals surface area contributed by atoms with Crippen LogP contribution < -0.4 is 4.74 Å². The molecule has 1 unspecified atom stereocenters. The second kappa shape index (κ2) is 8.20. The summed E-state index contributed by atoms with van der Waals surface area (Å²) in [6, 6.07) is 13.2. The van der Waals surface area contributed by atoms with E-state index in [0.717, 1.165) is 0 Å². The zero-order valence-corrected chi connectivity index (χ0v) is 17.2. The lowest BCUT2D eigenvalue weighted by Crippen LogP contribution is -2.29. The number of benzene rings is 2. The molecule has 0 radical (unpaired) electrons. The zero-order valence-electron chi connectivity index (χ0n) is 16.4. The van der Waals surface area contributed by atoms with Crippen molar-refractivity contribution in [2.45, 2.75) is 12.6 Å². The molecular weight excluding hydrogens is 422 g/mol. The SMILES string of the molecule is COc1ccc(Cl)c(/C(O)=C2\C(=O)C(=O)N(Cc3ccco3)C2c2ccc(O)cc2)c1. The number of amides is 1. The maximum absolute atomic E-state index is 13.0. The van der Waals surface area contributed by atoms with E-state index in [4.69, 9.17) is 20.8 Å². The van der Waals surface area contributed by atoms with Crippen molar-refractivity contribution < 1.29 is 29.0 Å². The van der Waals surface area contributed by atoms with Crippen molar-refractivity contribution in [2.75, 3.05) is 7.11 Å². The lowest BCUT2D eigenvalue weighted by molar-refractivity contribution is -0.140. The van der Waals surface area contributed by atoms with Crippen LogP contribution in [-0.4, -0.2) is 33.9 Å². The number of aliphatic hydroxyl groups excluding tert-OH is 1. The van der Waals surface area contributed by atoms with E-state index in [2.05, 4.69) is 0 Å². The summed E-state index contributed by atoms with van der Waals surface area (Å²) in [4.78, 5) is 27.2. The van der Waals surface area contributed by atoms with Gasteiger partial charge in [-0.2, -0.15) is 0 Å². The summed E-state index contributed by atoms with van der Waals surface area (Å²) in [5.74, 6) is -1.11. The molecule has 2 aromatic carbocycles. The van der Waals surface area contributed by atoms with Crippen LogP contribution in [0.4, 0.5) is 0 Å². The van der Waals surface area contributed by atoms with Crippen molar-refractivity contribution in [3.63, 3.8) is 0 Å². The number of hydrogen-bond donors (Lipinski definition) is 2. The number of ether oxygens (including phenoxy) is 1. The van der Waals surface area contributed by atoms with Gasteiger partial charge >= 0.3 is 0 Å². The smallest absolute Gasteiger partial charge is 0.296 e. The summed E-state index contributed by atoms with van der Waals surface area (Å²) < 4.78 is 10.5. The highest BCUT2D eigenvalue weighted by Crippen LogP contribution is 2.42. The Labute approximate surface area is 182 Å². The molecule has 0 saturated carbocycles. The van der Waals surface area contributed by atoms with Crippen LogP contribution in [-0.2, 0) is 16.1 Å². The number of Topliss-reactive ketones (excluding diaryl/α,β-unsaturated/α-hetero) is 1. The number of aliphatic hydroxyl groups is 1. The number of hydrogen-bond acceptors (Lipinski definition) is 6. The molecule has 1 saturated heterocycles. The van der Waals surface area contributed by atoms with E-state index < -0.39 is 23.5 Å². The number of furan rings is 1. The summed E-state index contributed by atoms with van der Waals surface area (Å²) in [5, 5.41) is 21.0. The number of carbonyl (C=O) groups is 2. The molecule has 2 N–H and O–H groups in total. The Morgan fingerprint density at radius 2 is 1.90 bits per heavy atom. The number of methoxy groups -OCH3 is 1. The van der Waals surface area contributed by atoms with E-state index in [0.29, 0.717) is 17.1 Å². The summed E-state index contributed by atoms with van der Waals surface area (Å²) in [5.41, 5.74) is 0.585. The standard InChI is InChI=1S/C23H18ClNO6/c1-30-15-8-9-18(24)17(11-15)21(27)19-20(13-4-6-14(26)7-5-13)25(23(29)22(19)28)12-16-3-2-10-31-16/h2-11,20,26-27H,12H2,1H3/b21-19+. The Bertz CT molecular complexity index is 1170. The van der Waals surface area contributed by atoms with Gasteiger partial charge in [-0.25, -0.2) is 0 Å². The quantitative estimate of drug-likeness (QED) is 0.350. The molecule has 0 aliphatic carbocycles. The minimum Gasteiger partial charge on any atom is -0.508 e. The van der Waals surface area contributed by atoms with Crippen LogP contribution in [0.25, 0.3) is 5.76 Å². The molecule has 4 rings (SSSR count). The van der Waals surface area contributed by atoms with Gasteiger partial charge in [-0.05, 0) is 48.0 Å². The van der Waals surface area contributed by atoms with Crippen molar-refractivity contribution in [3.05, 3.63) is 88.3 Å². The Morgan fingerprint density at radius 1 is 1.16 bits per heavy atom. The van der Waals surface area contributed by atoms with Crippen LogP contribution in [0, 0.1) is 0 Å². The molecule has 1 aromatic heterocycles. The predicted molar refractivity (Wildman–Crippen MR) is 113 cm³/mol. The molecule has 31 heavy (non-hydrogen) atoms. The average molecular weight is 440 g/mol. The Balaban J connectivity index is 1.90. The summed E-state index contributed by atoms with van der Waals surface area (Å²) in [7, 11) is 1.46. The van der Waals surface area contributed by atoms with Crippen LogP contribution in [0.1, 0.15) is 22.9 Å². The van der Waals surface area contributed by atoms with Crippen LogP contribution in [0.5, 0.6) is 11.5 Å². The first-order chi connectivity index (χ1) is 14.9. The average Bonchev–Trinajstić information content (AvgIpc) is 3.37. The monoisotopic (exact) mass is 439 g/mol. The molecule has 1 aliphatic heterocycles. The summed E-state index contributed by atoms with van der Waals surface area (Å²) in [6.07, 6.45) is 1.47. The minimum absolute atomic E-state index is 0.0196. The Hall–Kier alpha value is -3.71. The number of nitrogens with zero attached hydrogens (tertiary/aromatic N) is 1. The number of likely N-dealkylation sites (tertiary alicyclic amines) is 1. The first kappa shape index (κ1) is 20.6. The van der Waals surface area contributed by atoms with Crippen LogP contribution in [0.2, 0.25) is 5.02 Å². The maximum atomic E-state index is 13.0. The van der Waals surface area contributed by atoms with Crippen LogP contribution >= 0.6 is 11.6 Å². The molecule has 1 atom stereocenters. The fourth-order valence-electron chi connectivity index (χ4n) is 3.57. The van der Waals surface area contributed by atoms with Crippen molar-refractivity contribution >= 4 is 29.1 Å². The molecule has 1 fully saturated rings. The number of phenols is 1. The normalized spacial score (nSPS) is 17.9. The Kier molecular flexibility index (Phi) is 5.44. The van der Waals surface area contributed by atoms with Crippen molar-refractivity contribution in [1.29, 1.82) is 0 Å². The van der Waals surface area contributed by atoms with Gasteiger partial charge in [0.15, 0.2) is 0 Å². The van der Waals surface area contributed by atoms with Crippen molar-refractivity contribution in [1.82, 2.24) is 4.90 Å². The van der Waals surface area contributed by atoms with E-state index in [1.54, 1.807) is 30.3 Å². The molecule has 7 nitrogen and oxygen atoms in total. The number of halogens is 1. The number of rotatable bonds is 5. The van der Waals surface area contributed by atoms with E-state index in [1.807, 2.05) is 0 Å². The van der Waals surface area contributed by atoms with Crippen molar-refractivity contribution in [3.8, 4) is 11.5 Å². The van der Waals surface area contributed by atoms with Gasteiger partial charge < -0.3 is 24.3 Å². The molecule has 3 aromatic rings. The van der Waals surface area contributed by atoms with Gasteiger partial charge in [0.05, 0.1) is 36.6 Å². The number of carbonyl (C=O) groups excluding carboxylic acids is 2. The van der Waals surface area contributed by atoms with E-state index in [1.165, 1.54) is 42.5 Å². The van der Waals surface area contributed by atoms with E-state index in [-0.39, 0.29) is 28.5 Å². The van der Waals surface area contributed by atoms with Gasteiger partial charge in [-0.1, -0.05) is 23.7 Å². The fraction of sp³-hybridized carbons (Fsp3) is 0.130. The van der Waals surface area contributed by atoms with Gasteiger partial charge in [-0.3, -0.25) is 9.59 Å². The molecule has 0 spiro atoms. The third kappa shape index (κ3) is 3.75. The third-order valence-electron chi connectivity index (χ3n) is 5.08. The number of phenolic OH excluding ortho intramolecular Hbond substituents is 1. The lowest BCUT2D eigenvalue weighted by Gasteiger charge is -2.24. The maximum Gasteiger partial charge on any atom is 0.296 e. The van der Waals surface area contributed by atoms with Crippen molar-refractivity contribution in [2.24, 2.45) is 0 Å².